The van der Waals surface area contributed by atoms with Gasteiger partial charge in [0.25, 0.3) is 0 Å². The normalized spacial score (nSPS) is 15.8. The summed E-state index contributed by atoms with van der Waals surface area (Å²) in [5.74, 6) is 1.73. The third-order valence-corrected chi connectivity index (χ3v) is 2.46. The highest BCUT2D eigenvalue weighted by Crippen LogP contribution is 2.23. The van der Waals surface area contributed by atoms with Crippen molar-refractivity contribution in [3.8, 4) is 0 Å². The van der Waals surface area contributed by atoms with Crippen molar-refractivity contribution in [3.63, 3.8) is 0 Å². The van der Waals surface area contributed by atoms with Gasteiger partial charge in [-0.25, -0.2) is 4.79 Å². The molecule has 0 aliphatic rings. The molecule has 0 saturated carbocycles. The molecule has 71 valence electrons. The van der Waals surface area contributed by atoms with Gasteiger partial charge in [-0.3, -0.25) is 0 Å². The summed E-state index contributed by atoms with van der Waals surface area (Å²) in [6.45, 7) is 10.7. The van der Waals surface area contributed by atoms with E-state index in [1.54, 1.807) is 0 Å². The quantitative estimate of drug-likeness (QED) is 0.613. The lowest BCUT2D eigenvalue weighted by Crippen LogP contribution is -2.21. The molecule has 0 N–H and O–H groups in total. The van der Waals surface area contributed by atoms with E-state index in [2.05, 4.69) is 32.4 Å². The van der Waals surface area contributed by atoms with E-state index in [1.807, 2.05) is 0 Å². The number of ether oxygens (including phenoxy) is 1. The van der Waals surface area contributed by atoms with Crippen LogP contribution in [0.4, 0.5) is 0 Å². The predicted molar refractivity (Wildman–Crippen MR) is 49.4 cm³/mol. The molecule has 0 aromatic heterocycles. The van der Waals surface area contributed by atoms with Crippen LogP contribution >= 0.6 is 0 Å². The van der Waals surface area contributed by atoms with Gasteiger partial charge in [0.05, 0.1) is 6.61 Å². The van der Waals surface area contributed by atoms with Crippen molar-refractivity contribution >= 4 is 6.47 Å². The molecule has 0 aliphatic carbocycles. The Labute approximate surface area is 75.3 Å². The van der Waals surface area contributed by atoms with E-state index in [-0.39, 0.29) is 0 Å². The molecule has 0 saturated heterocycles. The third kappa shape index (κ3) is 3.74. The largest absolute Gasteiger partial charge is 0.457 e. The SMILES string of the molecule is CCC(C(C)C)C(C)CO[C]=O. The first kappa shape index (κ1) is 11.5. The van der Waals surface area contributed by atoms with Gasteiger partial charge in [-0.05, 0) is 17.8 Å². The first-order valence-electron chi connectivity index (χ1n) is 4.62. The van der Waals surface area contributed by atoms with E-state index in [4.69, 9.17) is 0 Å². The molecule has 0 spiro atoms. The highest BCUT2D eigenvalue weighted by atomic mass is 16.5. The summed E-state index contributed by atoms with van der Waals surface area (Å²) in [6, 6.07) is 0. The lowest BCUT2D eigenvalue weighted by Gasteiger charge is -2.25. The Balaban J connectivity index is 3.84. The molecule has 0 amide bonds. The zero-order chi connectivity index (χ0) is 9.56. The van der Waals surface area contributed by atoms with Crippen LogP contribution in [-0.2, 0) is 9.53 Å². The molecule has 12 heavy (non-hydrogen) atoms. The molecule has 0 fully saturated rings. The summed E-state index contributed by atoms with van der Waals surface area (Å²) >= 11 is 0. The van der Waals surface area contributed by atoms with Gasteiger partial charge in [-0.2, -0.15) is 0 Å². The Morgan fingerprint density at radius 1 is 1.33 bits per heavy atom. The summed E-state index contributed by atoms with van der Waals surface area (Å²) in [4.78, 5) is 9.84. The van der Waals surface area contributed by atoms with Crippen LogP contribution in [0.3, 0.4) is 0 Å². The topological polar surface area (TPSA) is 26.3 Å². The lowest BCUT2D eigenvalue weighted by atomic mass is 9.83. The molecular weight excluding hydrogens is 152 g/mol. The minimum Gasteiger partial charge on any atom is -0.457 e. The van der Waals surface area contributed by atoms with Crippen molar-refractivity contribution in [2.75, 3.05) is 6.61 Å². The summed E-state index contributed by atoms with van der Waals surface area (Å²) in [6.07, 6.45) is 1.14. The number of hydrogen-bond donors (Lipinski definition) is 0. The highest BCUT2D eigenvalue weighted by Gasteiger charge is 2.19. The fraction of sp³-hybridized carbons (Fsp3) is 0.900. The zero-order valence-corrected chi connectivity index (χ0v) is 8.46. The van der Waals surface area contributed by atoms with Crippen molar-refractivity contribution in [3.05, 3.63) is 0 Å². The predicted octanol–water partition coefficient (Wildman–Crippen LogP) is 2.39. The summed E-state index contributed by atoms with van der Waals surface area (Å²) in [5, 5.41) is 0. The number of carbonyl (C=O) groups excluding carboxylic acids is 1. The summed E-state index contributed by atoms with van der Waals surface area (Å²) in [7, 11) is 0. The molecule has 0 aromatic rings. The van der Waals surface area contributed by atoms with Crippen LogP contribution in [0.2, 0.25) is 0 Å². The molecule has 0 heterocycles. The van der Waals surface area contributed by atoms with Crippen LogP contribution in [0.25, 0.3) is 0 Å². The third-order valence-electron chi connectivity index (χ3n) is 2.46. The molecule has 2 unspecified atom stereocenters. The molecular formula is C10H19O2. The minimum absolute atomic E-state index is 0.441. The standard InChI is InChI=1S/C10H19O2/c1-5-10(8(2)3)9(4)6-12-7-11/h8-10H,5-6H2,1-4H3. The minimum atomic E-state index is 0.441. The van der Waals surface area contributed by atoms with Crippen LogP contribution < -0.4 is 0 Å². The Kier molecular flexibility index (Phi) is 5.77. The van der Waals surface area contributed by atoms with Gasteiger partial charge in [0.2, 0.25) is 0 Å². The molecule has 0 aliphatic heterocycles. The molecule has 0 rings (SSSR count). The van der Waals surface area contributed by atoms with Crippen LogP contribution in [0, 0.1) is 17.8 Å². The molecule has 0 aromatic carbocycles. The Hall–Kier alpha value is -0.530. The van der Waals surface area contributed by atoms with E-state index in [0.717, 1.165) is 6.42 Å². The Morgan fingerprint density at radius 3 is 2.25 bits per heavy atom. The average Bonchev–Trinajstić information content (AvgIpc) is 2.01. The van der Waals surface area contributed by atoms with Crippen molar-refractivity contribution in [2.24, 2.45) is 17.8 Å². The second-order valence-corrected chi connectivity index (χ2v) is 3.69. The monoisotopic (exact) mass is 171 g/mol. The van der Waals surface area contributed by atoms with Crippen LogP contribution in [0.15, 0.2) is 0 Å². The van der Waals surface area contributed by atoms with Crippen LogP contribution in [0.1, 0.15) is 34.1 Å². The summed E-state index contributed by atoms with van der Waals surface area (Å²) < 4.78 is 4.62. The van der Waals surface area contributed by atoms with Crippen molar-refractivity contribution in [2.45, 2.75) is 34.1 Å². The average molecular weight is 171 g/mol. The highest BCUT2D eigenvalue weighted by molar-refractivity contribution is 5.38. The van der Waals surface area contributed by atoms with Crippen LogP contribution in [0.5, 0.6) is 0 Å². The van der Waals surface area contributed by atoms with E-state index < -0.39 is 0 Å². The first-order chi connectivity index (χ1) is 5.63. The maximum atomic E-state index is 9.84. The zero-order valence-electron chi connectivity index (χ0n) is 8.46. The second kappa shape index (κ2) is 6.04. The summed E-state index contributed by atoms with van der Waals surface area (Å²) in [5.41, 5.74) is 0. The van der Waals surface area contributed by atoms with Gasteiger partial charge < -0.3 is 4.74 Å². The van der Waals surface area contributed by atoms with E-state index in [1.165, 1.54) is 6.47 Å². The Morgan fingerprint density at radius 2 is 1.92 bits per heavy atom. The molecule has 2 nitrogen and oxygen atoms in total. The van der Waals surface area contributed by atoms with Gasteiger partial charge in [-0.15, -0.1) is 0 Å². The van der Waals surface area contributed by atoms with Gasteiger partial charge in [0, 0.05) is 0 Å². The second-order valence-electron chi connectivity index (χ2n) is 3.69. The van der Waals surface area contributed by atoms with E-state index >= 15 is 0 Å². The maximum Gasteiger partial charge on any atom is 0.417 e. The molecule has 2 atom stereocenters. The van der Waals surface area contributed by atoms with Crippen molar-refractivity contribution in [1.82, 2.24) is 0 Å². The van der Waals surface area contributed by atoms with E-state index in [9.17, 15) is 4.79 Å². The van der Waals surface area contributed by atoms with Gasteiger partial charge in [0.1, 0.15) is 0 Å². The lowest BCUT2D eigenvalue weighted by molar-refractivity contribution is 0.157. The molecule has 0 bridgehead atoms. The van der Waals surface area contributed by atoms with Crippen LogP contribution in [-0.4, -0.2) is 13.1 Å². The molecule has 1 radical (unpaired) electrons. The van der Waals surface area contributed by atoms with Gasteiger partial charge in [0.15, 0.2) is 0 Å². The van der Waals surface area contributed by atoms with E-state index in [0.29, 0.717) is 24.4 Å². The maximum absolute atomic E-state index is 9.84. The van der Waals surface area contributed by atoms with Gasteiger partial charge in [-0.1, -0.05) is 34.1 Å². The van der Waals surface area contributed by atoms with Gasteiger partial charge >= 0.3 is 6.47 Å². The van der Waals surface area contributed by atoms with Crippen molar-refractivity contribution < 1.29 is 9.53 Å². The fourth-order valence-corrected chi connectivity index (χ4v) is 1.82. The smallest absolute Gasteiger partial charge is 0.417 e. The number of hydrogen-bond acceptors (Lipinski definition) is 2. The Bertz CT molecular complexity index is 121. The first-order valence-corrected chi connectivity index (χ1v) is 4.62. The van der Waals surface area contributed by atoms with Crippen molar-refractivity contribution in [1.29, 1.82) is 0 Å². The fourth-order valence-electron chi connectivity index (χ4n) is 1.82. The molecule has 2 heteroatoms. The number of rotatable bonds is 6.